The summed E-state index contributed by atoms with van der Waals surface area (Å²) < 4.78 is 2.10. The number of hydrogen-bond acceptors (Lipinski definition) is 4. The van der Waals surface area contributed by atoms with Crippen LogP contribution in [0.25, 0.3) is 10.2 Å². The Morgan fingerprint density at radius 2 is 1.66 bits per heavy atom. The summed E-state index contributed by atoms with van der Waals surface area (Å²) in [6.45, 7) is 6.68. The van der Waals surface area contributed by atoms with Crippen molar-refractivity contribution in [1.82, 2.24) is 4.98 Å². The summed E-state index contributed by atoms with van der Waals surface area (Å²) in [4.78, 5) is 20.3. The Kier molecular flexibility index (Phi) is 5.34. The second-order valence-electron chi connectivity index (χ2n) is 9.17. The lowest BCUT2D eigenvalue weighted by molar-refractivity contribution is -0.117. The van der Waals surface area contributed by atoms with Gasteiger partial charge in [0.2, 0.25) is 5.91 Å². The van der Waals surface area contributed by atoms with Gasteiger partial charge in [-0.2, -0.15) is 0 Å². The molecule has 0 N–H and O–H groups in total. The number of carbonyl (C=O) groups excluding carboxylic acids is 1. The Morgan fingerprint density at radius 1 is 0.969 bits per heavy atom. The van der Waals surface area contributed by atoms with Gasteiger partial charge in [0.15, 0.2) is 4.34 Å². The zero-order chi connectivity index (χ0) is 22.3. The maximum Gasteiger partial charge on any atom is 0.237 e. The molecule has 0 saturated carbocycles. The molecule has 0 fully saturated rings. The van der Waals surface area contributed by atoms with E-state index in [-0.39, 0.29) is 16.9 Å². The van der Waals surface area contributed by atoms with Crippen LogP contribution in [-0.2, 0) is 10.2 Å². The largest absolute Gasteiger partial charge is 0.306 e. The molecular weight excluding hydrogens is 432 g/mol. The molecule has 0 bridgehead atoms. The molecule has 1 amide bonds. The monoisotopic (exact) mass is 458 g/mol. The van der Waals surface area contributed by atoms with Gasteiger partial charge in [-0.05, 0) is 49.6 Å². The minimum atomic E-state index is -0.315. The third kappa shape index (κ3) is 3.63. The molecule has 1 atom stereocenters. The van der Waals surface area contributed by atoms with Crippen LogP contribution in [0.15, 0.2) is 83.2 Å². The van der Waals surface area contributed by atoms with Crippen molar-refractivity contribution in [2.24, 2.45) is 0 Å². The highest BCUT2D eigenvalue weighted by atomic mass is 32.2. The highest BCUT2D eigenvalue weighted by Crippen LogP contribution is 2.50. The highest BCUT2D eigenvalue weighted by molar-refractivity contribution is 8.01. The first-order chi connectivity index (χ1) is 15.4. The average Bonchev–Trinajstić information content (AvgIpc) is 3.21. The van der Waals surface area contributed by atoms with Crippen LogP contribution in [0.3, 0.4) is 0 Å². The van der Waals surface area contributed by atoms with Crippen molar-refractivity contribution in [3.8, 4) is 0 Å². The Morgan fingerprint density at radius 3 is 2.44 bits per heavy atom. The summed E-state index contributed by atoms with van der Waals surface area (Å²) in [5.74, 6) is 0.501. The lowest BCUT2D eigenvalue weighted by Crippen LogP contribution is -2.56. The number of nitrogens with zero attached hydrogens (tertiary/aromatic N) is 2. The molecule has 162 valence electrons. The molecule has 2 heterocycles. The van der Waals surface area contributed by atoms with Gasteiger partial charge in [-0.25, -0.2) is 4.98 Å². The van der Waals surface area contributed by atoms with Gasteiger partial charge in [-0.15, -0.1) is 11.3 Å². The first-order valence-corrected chi connectivity index (χ1v) is 12.7. The van der Waals surface area contributed by atoms with Crippen molar-refractivity contribution >= 4 is 44.9 Å². The number of benzene rings is 3. The molecule has 0 aliphatic carbocycles. The Balaban J connectivity index is 1.47. The number of thioether (sulfide) groups is 1. The lowest BCUT2D eigenvalue weighted by atomic mass is 9.65. The molecular formula is C27H26N2OS2. The summed E-state index contributed by atoms with van der Waals surface area (Å²) in [6.07, 6.45) is 0.860. The van der Waals surface area contributed by atoms with Crippen LogP contribution in [-0.4, -0.2) is 22.2 Å². The molecule has 0 unspecified atom stereocenters. The Hall–Kier alpha value is -2.63. The molecule has 1 aliphatic rings. The summed E-state index contributed by atoms with van der Waals surface area (Å²) in [5.41, 5.74) is 4.04. The first kappa shape index (κ1) is 21.2. The van der Waals surface area contributed by atoms with Gasteiger partial charge in [0.1, 0.15) is 0 Å². The van der Waals surface area contributed by atoms with Crippen LogP contribution in [0.1, 0.15) is 38.3 Å². The van der Waals surface area contributed by atoms with Crippen LogP contribution >= 0.6 is 23.1 Å². The smallest absolute Gasteiger partial charge is 0.237 e. The molecule has 3 aromatic carbocycles. The van der Waals surface area contributed by atoms with E-state index < -0.39 is 0 Å². The van der Waals surface area contributed by atoms with Crippen molar-refractivity contribution in [3.05, 3.63) is 90.0 Å². The zero-order valence-electron chi connectivity index (χ0n) is 18.5. The second kappa shape index (κ2) is 8.05. The number of aromatic nitrogens is 1. The fourth-order valence-electron chi connectivity index (χ4n) is 5.14. The number of hydrogen-bond donors (Lipinski definition) is 0. The van der Waals surface area contributed by atoms with E-state index in [1.165, 1.54) is 22.9 Å². The van der Waals surface area contributed by atoms with E-state index in [4.69, 9.17) is 0 Å². The van der Waals surface area contributed by atoms with Gasteiger partial charge in [0, 0.05) is 16.6 Å². The SMILES string of the molecule is CC1(C)C[C@](C)(c2ccccc2)c2ccccc2N1C(=O)CSc1nc2ccccc2s1. The Bertz CT molecular complexity index is 1250. The molecule has 1 aliphatic heterocycles. The third-order valence-electron chi connectivity index (χ3n) is 6.38. The number of rotatable bonds is 4. The van der Waals surface area contributed by atoms with Crippen molar-refractivity contribution in [1.29, 1.82) is 0 Å². The predicted octanol–water partition coefficient (Wildman–Crippen LogP) is 6.91. The fraction of sp³-hybridized carbons (Fsp3) is 0.259. The maximum absolute atomic E-state index is 13.6. The van der Waals surface area contributed by atoms with Crippen LogP contribution in [0.4, 0.5) is 5.69 Å². The van der Waals surface area contributed by atoms with E-state index in [0.717, 1.165) is 26.7 Å². The highest BCUT2D eigenvalue weighted by Gasteiger charge is 2.47. The number of carbonyl (C=O) groups is 1. The summed E-state index contributed by atoms with van der Waals surface area (Å²) in [5, 5.41) is 0. The van der Waals surface area contributed by atoms with Gasteiger partial charge in [0.05, 0.1) is 16.0 Å². The minimum Gasteiger partial charge on any atom is -0.306 e. The lowest BCUT2D eigenvalue weighted by Gasteiger charge is -2.51. The molecule has 4 aromatic rings. The molecule has 32 heavy (non-hydrogen) atoms. The van der Waals surface area contributed by atoms with Gasteiger partial charge >= 0.3 is 0 Å². The number of thiazole rings is 1. The predicted molar refractivity (Wildman–Crippen MR) is 136 cm³/mol. The topological polar surface area (TPSA) is 33.2 Å². The fourth-order valence-corrected chi connectivity index (χ4v) is 7.05. The first-order valence-electron chi connectivity index (χ1n) is 10.8. The van der Waals surface area contributed by atoms with Crippen molar-refractivity contribution < 1.29 is 4.79 Å². The number of fused-ring (bicyclic) bond motifs is 2. The minimum absolute atomic E-state index is 0.127. The van der Waals surface area contributed by atoms with E-state index in [1.807, 2.05) is 29.2 Å². The molecule has 5 rings (SSSR count). The van der Waals surface area contributed by atoms with Crippen LogP contribution in [0.2, 0.25) is 0 Å². The van der Waals surface area contributed by atoms with Crippen molar-refractivity contribution in [2.45, 2.75) is 42.5 Å². The van der Waals surface area contributed by atoms with Gasteiger partial charge in [-0.3, -0.25) is 4.79 Å². The molecule has 1 aromatic heterocycles. The zero-order valence-corrected chi connectivity index (χ0v) is 20.2. The van der Waals surface area contributed by atoms with E-state index >= 15 is 0 Å². The van der Waals surface area contributed by atoms with E-state index in [9.17, 15) is 4.79 Å². The van der Waals surface area contributed by atoms with Crippen LogP contribution in [0, 0.1) is 0 Å². The normalized spacial score (nSPS) is 19.7. The third-order valence-corrected chi connectivity index (χ3v) is 8.55. The second-order valence-corrected chi connectivity index (χ2v) is 11.4. The van der Waals surface area contributed by atoms with E-state index in [1.54, 1.807) is 11.3 Å². The summed E-state index contributed by atoms with van der Waals surface area (Å²) in [6, 6.07) is 27.2. The number of amides is 1. The molecule has 0 saturated heterocycles. The van der Waals surface area contributed by atoms with Crippen LogP contribution < -0.4 is 4.90 Å². The van der Waals surface area contributed by atoms with E-state index in [0.29, 0.717) is 5.75 Å². The molecule has 0 spiro atoms. The summed E-state index contributed by atoms with van der Waals surface area (Å²) in [7, 11) is 0. The Labute approximate surface area is 197 Å². The van der Waals surface area contributed by atoms with Gasteiger partial charge < -0.3 is 4.90 Å². The molecule has 3 nitrogen and oxygen atoms in total. The van der Waals surface area contributed by atoms with Crippen molar-refractivity contribution in [3.63, 3.8) is 0 Å². The van der Waals surface area contributed by atoms with Gasteiger partial charge in [0.25, 0.3) is 0 Å². The van der Waals surface area contributed by atoms with Gasteiger partial charge in [-0.1, -0.05) is 79.3 Å². The standard InChI is InChI=1S/C27H26N2OS2/c1-26(2)18-27(3,19-11-5-4-6-12-19)20-13-7-9-15-22(20)29(26)24(30)17-31-25-28-21-14-8-10-16-23(21)32-25/h4-16H,17-18H2,1-3H3/t27-/m1/s1. The van der Waals surface area contributed by atoms with Crippen molar-refractivity contribution in [2.75, 3.05) is 10.7 Å². The van der Waals surface area contributed by atoms with E-state index in [2.05, 4.69) is 80.4 Å². The quantitative estimate of drug-likeness (QED) is 0.312. The maximum atomic E-state index is 13.6. The number of para-hydroxylation sites is 2. The average molecular weight is 459 g/mol. The van der Waals surface area contributed by atoms with Crippen LogP contribution in [0.5, 0.6) is 0 Å². The molecule has 0 radical (unpaired) electrons. The molecule has 5 heteroatoms. The number of anilines is 1. The summed E-state index contributed by atoms with van der Waals surface area (Å²) >= 11 is 3.19.